The number of rotatable bonds is 4. The number of hydrogen-bond acceptors (Lipinski definition) is 6. The molecule has 0 fully saturated rings. The van der Waals surface area contributed by atoms with E-state index in [1.807, 2.05) is 0 Å². The third-order valence-electron chi connectivity index (χ3n) is 5.28. The van der Waals surface area contributed by atoms with Gasteiger partial charge in [0.25, 0.3) is 0 Å². The van der Waals surface area contributed by atoms with E-state index < -0.39 is 17.0 Å². The van der Waals surface area contributed by atoms with Gasteiger partial charge in [-0.3, -0.25) is 14.4 Å². The summed E-state index contributed by atoms with van der Waals surface area (Å²) in [5, 5.41) is 0.703. The molecule has 1 heterocycles. The number of ether oxygens (including phenoxy) is 1. The highest BCUT2D eigenvalue weighted by atomic mass is 16.5. The average Bonchev–Trinajstić information content (AvgIpc) is 2.63. The van der Waals surface area contributed by atoms with E-state index in [0.717, 1.165) is 0 Å². The highest BCUT2D eigenvalue weighted by Gasteiger charge is 2.38. The molecule has 1 aromatic heterocycles. The Hall–Kier alpha value is -3.28. The molecule has 2 aromatic rings. The Morgan fingerprint density at radius 3 is 2.24 bits per heavy atom. The zero-order chi connectivity index (χ0) is 21.5. The second-order valence-electron chi connectivity index (χ2n) is 7.90. The van der Waals surface area contributed by atoms with Crippen LogP contribution in [0.5, 0.6) is 5.75 Å². The molecule has 3 rings (SSSR count). The molecule has 150 valence electrons. The van der Waals surface area contributed by atoms with E-state index in [9.17, 15) is 19.2 Å². The van der Waals surface area contributed by atoms with Crippen molar-refractivity contribution in [3.63, 3.8) is 0 Å². The Morgan fingerprint density at radius 1 is 0.931 bits per heavy atom. The lowest BCUT2D eigenvalue weighted by atomic mass is 9.71. The van der Waals surface area contributed by atoms with Gasteiger partial charge in [0.05, 0.1) is 6.42 Å². The summed E-state index contributed by atoms with van der Waals surface area (Å²) in [5.41, 5.74) is 0.470. The smallest absolute Gasteiger partial charge is 0.336 e. The van der Waals surface area contributed by atoms with Crippen LogP contribution in [0.4, 0.5) is 0 Å². The molecule has 0 saturated carbocycles. The first kappa shape index (κ1) is 20.5. The second-order valence-corrected chi connectivity index (χ2v) is 7.90. The Morgan fingerprint density at radius 2 is 1.55 bits per heavy atom. The summed E-state index contributed by atoms with van der Waals surface area (Å²) in [6, 6.07) is 7.68. The van der Waals surface area contributed by atoms with Crippen LogP contribution in [-0.2, 0) is 14.4 Å². The van der Waals surface area contributed by atoms with Crippen LogP contribution in [0.15, 0.2) is 61.8 Å². The molecule has 0 spiro atoms. The van der Waals surface area contributed by atoms with Crippen LogP contribution in [0.25, 0.3) is 11.0 Å². The average molecular weight is 394 g/mol. The van der Waals surface area contributed by atoms with Gasteiger partial charge in [-0.2, -0.15) is 0 Å². The fourth-order valence-corrected chi connectivity index (χ4v) is 3.63. The maximum absolute atomic E-state index is 12.8. The number of allylic oxidation sites excluding steroid dienone is 4. The van der Waals surface area contributed by atoms with Gasteiger partial charge < -0.3 is 9.15 Å². The van der Waals surface area contributed by atoms with Crippen LogP contribution in [0.2, 0.25) is 0 Å². The lowest BCUT2D eigenvalue weighted by Gasteiger charge is -2.31. The third kappa shape index (κ3) is 3.83. The Bertz CT molecular complexity index is 1170. The molecule has 0 N–H and O–H groups in total. The quantitative estimate of drug-likeness (QED) is 0.338. The topological polar surface area (TPSA) is 90.7 Å². The number of esters is 1. The molecule has 0 radical (unpaired) electrons. The van der Waals surface area contributed by atoms with Crippen LogP contribution >= 0.6 is 0 Å². The molecule has 6 nitrogen and oxygen atoms in total. The normalized spacial score (nSPS) is 15.3. The molecule has 0 atom stereocenters. The molecule has 0 aliphatic heterocycles. The van der Waals surface area contributed by atoms with Crippen LogP contribution < -0.4 is 10.4 Å². The first-order chi connectivity index (χ1) is 13.5. The molecule has 1 aliphatic carbocycles. The van der Waals surface area contributed by atoms with Crippen molar-refractivity contribution in [2.24, 2.45) is 5.41 Å². The zero-order valence-electron chi connectivity index (χ0n) is 17.0. The van der Waals surface area contributed by atoms with Crippen LogP contribution in [0, 0.1) is 5.41 Å². The lowest BCUT2D eigenvalue weighted by molar-refractivity contribution is -0.136. The molecule has 1 aromatic carbocycles. The number of ketones is 2. The summed E-state index contributed by atoms with van der Waals surface area (Å²) in [7, 11) is 0. The number of fused-ring (bicyclic) bond motifs is 1. The largest absolute Gasteiger partial charge is 0.426 e. The number of benzene rings is 1. The van der Waals surface area contributed by atoms with Crippen molar-refractivity contribution in [3.8, 4) is 5.75 Å². The third-order valence-corrected chi connectivity index (χ3v) is 5.28. The Balaban J connectivity index is 1.83. The molecule has 0 saturated heterocycles. The maximum Gasteiger partial charge on any atom is 0.336 e. The van der Waals surface area contributed by atoms with E-state index in [-0.39, 0.29) is 23.7 Å². The summed E-state index contributed by atoms with van der Waals surface area (Å²) in [6.45, 7) is 8.36. The van der Waals surface area contributed by atoms with Gasteiger partial charge in [-0.05, 0) is 39.0 Å². The minimum absolute atomic E-state index is 0.0954. The first-order valence-corrected chi connectivity index (χ1v) is 9.24. The van der Waals surface area contributed by atoms with E-state index >= 15 is 0 Å². The summed E-state index contributed by atoms with van der Waals surface area (Å²) in [4.78, 5) is 49.2. The minimum atomic E-state index is -0.890. The first-order valence-electron chi connectivity index (χ1n) is 9.24. The Labute approximate surface area is 167 Å². The summed E-state index contributed by atoms with van der Waals surface area (Å²) >= 11 is 0. The van der Waals surface area contributed by atoms with Crippen molar-refractivity contribution in [2.75, 3.05) is 0 Å². The van der Waals surface area contributed by atoms with Gasteiger partial charge in [0.2, 0.25) is 0 Å². The van der Waals surface area contributed by atoms with Gasteiger partial charge >= 0.3 is 11.6 Å². The van der Waals surface area contributed by atoms with Crippen molar-refractivity contribution >= 4 is 28.5 Å². The van der Waals surface area contributed by atoms with Crippen molar-refractivity contribution in [3.05, 3.63) is 63.0 Å². The van der Waals surface area contributed by atoms with Gasteiger partial charge in [0.15, 0.2) is 11.6 Å². The maximum atomic E-state index is 12.8. The predicted molar refractivity (Wildman–Crippen MR) is 108 cm³/mol. The molecule has 0 amide bonds. The van der Waals surface area contributed by atoms with E-state index in [2.05, 4.69) is 0 Å². The van der Waals surface area contributed by atoms with Crippen molar-refractivity contribution in [2.45, 2.75) is 41.0 Å². The minimum Gasteiger partial charge on any atom is -0.426 e. The van der Waals surface area contributed by atoms with Crippen LogP contribution in [0.3, 0.4) is 0 Å². The molecular weight excluding hydrogens is 372 g/mol. The zero-order valence-corrected chi connectivity index (χ0v) is 17.0. The van der Waals surface area contributed by atoms with Crippen LogP contribution in [0.1, 0.15) is 41.0 Å². The van der Waals surface area contributed by atoms with E-state index in [4.69, 9.17) is 9.15 Å². The van der Waals surface area contributed by atoms with E-state index in [1.165, 1.54) is 12.1 Å². The lowest BCUT2D eigenvalue weighted by Crippen LogP contribution is -2.32. The standard InChI is InChI=1S/C23H22O6/c1-12-13(2)22(27)20(14(3)21(12)26)23(4,5)11-19(25)28-16-8-6-15-7-9-18(24)29-17(15)10-16/h6-10H,11H2,1-5H3. The molecule has 6 heteroatoms. The van der Waals surface area contributed by atoms with Gasteiger partial charge in [-0.15, -0.1) is 0 Å². The molecule has 0 bridgehead atoms. The molecule has 1 aliphatic rings. The van der Waals surface area contributed by atoms with Crippen molar-refractivity contribution in [1.82, 2.24) is 0 Å². The Kier molecular flexibility index (Phi) is 5.13. The van der Waals surface area contributed by atoms with E-state index in [0.29, 0.717) is 33.3 Å². The van der Waals surface area contributed by atoms with Gasteiger partial charge in [-0.1, -0.05) is 13.8 Å². The highest BCUT2D eigenvalue weighted by molar-refractivity contribution is 6.25. The molecule has 0 unspecified atom stereocenters. The van der Waals surface area contributed by atoms with Gasteiger partial charge in [0.1, 0.15) is 11.3 Å². The van der Waals surface area contributed by atoms with Gasteiger partial charge in [0, 0.05) is 45.2 Å². The number of hydrogen-bond donors (Lipinski definition) is 0. The molecule has 29 heavy (non-hydrogen) atoms. The highest BCUT2D eigenvalue weighted by Crippen LogP contribution is 2.39. The van der Waals surface area contributed by atoms with E-state index in [1.54, 1.807) is 52.8 Å². The monoisotopic (exact) mass is 394 g/mol. The number of carbonyl (C=O) groups is 3. The molecular formula is C23H22O6. The second kappa shape index (κ2) is 7.28. The summed E-state index contributed by atoms with van der Waals surface area (Å²) in [6.07, 6.45) is -0.0954. The number of Topliss-reactive ketones (excluding diaryl/α,β-unsaturated/α-hetero) is 2. The van der Waals surface area contributed by atoms with Crippen molar-refractivity contribution < 1.29 is 23.5 Å². The summed E-state index contributed by atoms with van der Waals surface area (Å²) < 4.78 is 10.5. The fraction of sp³-hybridized carbons (Fsp3) is 0.304. The fourth-order valence-electron chi connectivity index (χ4n) is 3.63. The van der Waals surface area contributed by atoms with Gasteiger partial charge in [-0.25, -0.2) is 4.79 Å². The summed E-state index contributed by atoms with van der Waals surface area (Å²) in [5.74, 6) is -0.721. The van der Waals surface area contributed by atoms with Crippen LogP contribution in [-0.4, -0.2) is 17.5 Å². The SMILES string of the molecule is CC1=C(C)C(=O)C(C(C)(C)CC(=O)Oc2ccc3ccc(=O)oc3c2)=C(C)C1=O. The number of carbonyl (C=O) groups excluding carboxylic acids is 3. The van der Waals surface area contributed by atoms with Crippen molar-refractivity contribution in [1.29, 1.82) is 0 Å². The predicted octanol–water partition coefficient (Wildman–Crippen LogP) is 3.92.